The minimum Gasteiger partial charge on any atom is -0.258 e. The van der Waals surface area contributed by atoms with E-state index in [1.54, 1.807) is 12.4 Å². The van der Waals surface area contributed by atoms with Crippen molar-refractivity contribution >= 4 is 10.8 Å². The van der Waals surface area contributed by atoms with Crippen LogP contribution in [0.1, 0.15) is 11.3 Å². The molecule has 2 aromatic carbocycles. The van der Waals surface area contributed by atoms with Crippen LogP contribution in [0.4, 0.5) is 0 Å². The smallest absolute Gasteiger partial charge is 0.0917 e. The van der Waals surface area contributed by atoms with Crippen LogP contribution < -0.4 is 0 Å². The summed E-state index contributed by atoms with van der Waals surface area (Å²) in [5.74, 6) is 0. The second kappa shape index (κ2) is 4.22. The summed E-state index contributed by atoms with van der Waals surface area (Å²) in [6.07, 6.45) is 3.48. The molecule has 3 aromatic rings. The van der Waals surface area contributed by atoms with Gasteiger partial charge in [0, 0.05) is 18.0 Å². The van der Waals surface area contributed by atoms with Gasteiger partial charge in [-0.15, -0.1) is 0 Å². The average molecular weight is 234 g/mol. The summed E-state index contributed by atoms with van der Waals surface area (Å²) >= 11 is 0. The van der Waals surface area contributed by atoms with E-state index in [9.17, 15) is 0 Å². The van der Waals surface area contributed by atoms with Gasteiger partial charge in [0.25, 0.3) is 0 Å². The highest BCUT2D eigenvalue weighted by Gasteiger charge is 2.08. The molecule has 0 fully saturated rings. The molecule has 0 unspecified atom stereocenters. The van der Waals surface area contributed by atoms with Crippen LogP contribution in [-0.4, -0.2) is 9.97 Å². The monoisotopic (exact) mass is 234 g/mol. The highest BCUT2D eigenvalue weighted by atomic mass is 14.8. The number of fused-ring (bicyclic) bond motifs is 1. The van der Waals surface area contributed by atoms with Crippen LogP contribution in [0.15, 0.2) is 48.8 Å². The van der Waals surface area contributed by atoms with Crippen LogP contribution in [0.5, 0.6) is 0 Å². The lowest BCUT2D eigenvalue weighted by Crippen LogP contribution is -1.93. The third kappa shape index (κ3) is 1.76. The van der Waals surface area contributed by atoms with E-state index in [-0.39, 0.29) is 0 Å². The highest BCUT2D eigenvalue weighted by molar-refractivity contribution is 5.88. The molecular weight excluding hydrogens is 220 g/mol. The number of rotatable bonds is 1. The molecule has 18 heavy (non-hydrogen) atoms. The Hall–Kier alpha value is -2.22. The van der Waals surface area contributed by atoms with Crippen molar-refractivity contribution < 1.29 is 0 Å². The quantitative estimate of drug-likeness (QED) is 0.638. The predicted octanol–water partition coefficient (Wildman–Crippen LogP) is 3.91. The Bertz CT molecular complexity index is 717. The van der Waals surface area contributed by atoms with E-state index in [1.165, 1.54) is 21.9 Å². The molecule has 0 spiro atoms. The fraction of sp³-hybridized carbons (Fsp3) is 0.125. The molecule has 0 saturated heterocycles. The van der Waals surface area contributed by atoms with Gasteiger partial charge in [0.05, 0.1) is 11.4 Å². The zero-order chi connectivity index (χ0) is 12.5. The third-order valence-electron chi connectivity index (χ3n) is 3.23. The van der Waals surface area contributed by atoms with Gasteiger partial charge < -0.3 is 0 Å². The molecule has 2 heteroatoms. The number of aryl methyl sites for hydroxylation is 2. The summed E-state index contributed by atoms with van der Waals surface area (Å²) in [4.78, 5) is 8.77. The topological polar surface area (TPSA) is 25.8 Å². The molecular formula is C16H14N2. The molecule has 1 heterocycles. The molecule has 0 aliphatic rings. The fourth-order valence-corrected chi connectivity index (χ4v) is 2.28. The average Bonchev–Trinajstić information content (AvgIpc) is 2.39. The van der Waals surface area contributed by atoms with E-state index in [4.69, 9.17) is 0 Å². The van der Waals surface area contributed by atoms with Crippen molar-refractivity contribution in [1.29, 1.82) is 0 Å². The largest absolute Gasteiger partial charge is 0.258 e. The van der Waals surface area contributed by atoms with Gasteiger partial charge in [0.15, 0.2) is 0 Å². The number of benzene rings is 2. The maximum absolute atomic E-state index is 4.45. The normalized spacial score (nSPS) is 10.8. The van der Waals surface area contributed by atoms with Gasteiger partial charge in [-0.25, -0.2) is 0 Å². The Morgan fingerprint density at radius 3 is 2.22 bits per heavy atom. The zero-order valence-electron chi connectivity index (χ0n) is 10.5. The minimum atomic E-state index is 0.968. The number of nitrogens with zero attached hydrogens (tertiary/aromatic N) is 2. The first-order valence-electron chi connectivity index (χ1n) is 6.03. The van der Waals surface area contributed by atoms with Gasteiger partial charge in [-0.05, 0) is 36.2 Å². The van der Waals surface area contributed by atoms with Crippen LogP contribution in [-0.2, 0) is 0 Å². The molecule has 0 N–H and O–H groups in total. The molecule has 0 aliphatic carbocycles. The van der Waals surface area contributed by atoms with Crippen molar-refractivity contribution in [3.63, 3.8) is 0 Å². The maximum atomic E-state index is 4.45. The van der Waals surface area contributed by atoms with Crippen molar-refractivity contribution in [2.24, 2.45) is 0 Å². The van der Waals surface area contributed by atoms with Crippen LogP contribution in [0, 0.1) is 13.8 Å². The van der Waals surface area contributed by atoms with E-state index < -0.39 is 0 Å². The molecule has 0 radical (unpaired) electrons. The van der Waals surface area contributed by atoms with Crippen LogP contribution >= 0.6 is 0 Å². The molecule has 3 rings (SSSR count). The molecule has 0 saturated carbocycles. The van der Waals surface area contributed by atoms with Crippen molar-refractivity contribution in [1.82, 2.24) is 9.97 Å². The fourth-order valence-electron chi connectivity index (χ4n) is 2.28. The van der Waals surface area contributed by atoms with Gasteiger partial charge in [-0.1, -0.05) is 30.3 Å². The standard InChI is InChI=1S/C16H14N2/c1-11-9-13-5-3-4-6-14(13)10-15(11)16-12(2)17-7-8-18-16/h3-10H,1-2H3. The Morgan fingerprint density at radius 1 is 0.833 bits per heavy atom. The second-order valence-corrected chi connectivity index (χ2v) is 4.50. The molecule has 0 aliphatic heterocycles. The Morgan fingerprint density at radius 2 is 1.50 bits per heavy atom. The SMILES string of the molecule is Cc1cc2ccccc2cc1-c1nccnc1C. The minimum absolute atomic E-state index is 0.968. The lowest BCUT2D eigenvalue weighted by atomic mass is 9.99. The number of aromatic nitrogens is 2. The molecule has 2 nitrogen and oxygen atoms in total. The molecule has 0 amide bonds. The van der Waals surface area contributed by atoms with Gasteiger partial charge in [0.2, 0.25) is 0 Å². The first kappa shape index (κ1) is 10.9. The summed E-state index contributed by atoms with van der Waals surface area (Å²) in [6, 6.07) is 12.8. The van der Waals surface area contributed by atoms with E-state index in [2.05, 4.69) is 53.3 Å². The third-order valence-corrected chi connectivity index (χ3v) is 3.23. The van der Waals surface area contributed by atoms with E-state index in [0.29, 0.717) is 0 Å². The first-order valence-corrected chi connectivity index (χ1v) is 6.03. The highest BCUT2D eigenvalue weighted by Crippen LogP contribution is 2.28. The van der Waals surface area contributed by atoms with Gasteiger partial charge in [-0.3, -0.25) is 9.97 Å². The molecule has 88 valence electrons. The van der Waals surface area contributed by atoms with Crippen molar-refractivity contribution in [2.75, 3.05) is 0 Å². The van der Waals surface area contributed by atoms with Gasteiger partial charge >= 0.3 is 0 Å². The van der Waals surface area contributed by atoms with Gasteiger partial charge in [-0.2, -0.15) is 0 Å². The first-order chi connectivity index (χ1) is 8.75. The van der Waals surface area contributed by atoms with Crippen molar-refractivity contribution in [3.05, 3.63) is 60.0 Å². The lowest BCUT2D eigenvalue weighted by Gasteiger charge is -2.09. The predicted molar refractivity (Wildman–Crippen MR) is 74.4 cm³/mol. The summed E-state index contributed by atoms with van der Waals surface area (Å²) in [7, 11) is 0. The Balaban J connectivity index is 2.30. The van der Waals surface area contributed by atoms with Crippen molar-refractivity contribution in [2.45, 2.75) is 13.8 Å². The Kier molecular flexibility index (Phi) is 2.56. The molecule has 1 aromatic heterocycles. The van der Waals surface area contributed by atoms with E-state index in [1.807, 2.05) is 6.92 Å². The zero-order valence-corrected chi connectivity index (χ0v) is 10.5. The number of hydrogen-bond acceptors (Lipinski definition) is 2. The van der Waals surface area contributed by atoms with Gasteiger partial charge in [0.1, 0.15) is 0 Å². The lowest BCUT2D eigenvalue weighted by molar-refractivity contribution is 1.12. The molecule has 0 bridgehead atoms. The van der Waals surface area contributed by atoms with Crippen LogP contribution in [0.25, 0.3) is 22.0 Å². The van der Waals surface area contributed by atoms with Crippen molar-refractivity contribution in [3.8, 4) is 11.3 Å². The second-order valence-electron chi connectivity index (χ2n) is 4.50. The van der Waals surface area contributed by atoms with Crippen LogP contribution in [0.3, 0.4) is 0 Å². The molecule has 0 atom stereocenters. The van der Waals surface area contributed by atoms with Crippen LogP contribution in [0.2, 0.25) is 0 Å². The Labute approximate surface area is 106 Å². The summed E-state index contributed by atoms with van der Waals surface area (Å²) in [5, 5.41) is 2.50. The summed E-state index contributed by atoms with van der Waals surface area (Å²) in [5.41, 5.74) is 4.34. The number of hydrogen-bond donors (Lipinski definition) is 0. The summed E-state index contributed by atoms with van der Waals surface area (Å²) in [6.45, 7) is 4.12. The summed E-state index contributed by atoms with van der Waals surface area (Å²) < 4.78 is 0. The van der Waals surface area contributed by atoms with E-state index >= 15 is 0 Å². The maximum Gasteiger partial charge on any atom is 0.0917 e. The van der Waals surface area contributed by atoms with E-state index in [0.717, 1.165) is 11.4 Å².